The van der Waals surface area contributed by atoms with Gasteiger partial charge in [-0.05, 0) is 36.8 Å². The summed E-state index contributed by atoms with van der Waals surface area (Å²) in [5.41, 5.74) is 2.18. The third kappa shape index (κ3) is 4.12. The molecule has 0 saturated carbocycles. The Morgan fingerprint density at radius 1 is 1.21 bits per heavy atom. The molecule has 3 rings (SSSR count). The molecule has 0 aliphatic heterocycles. The normalized spacial score (nSPS) is 12.1. The van der Waals surface area contributed by atoms with Gasteiger partial charge in [0.25, 0.3) is 5.69 Å². The number of hydrogen-bond donors (Lipinski definition) is 0. The average molecular weight is 377 g/mol. The second-order valence-corrected chi connectivity index (χ2v) is 6.21. The smallest absolute Gasteiger partial charge is 0.276 e. The number of nitro groups is 1. The number of para-hydroxylation sites is 1. The van der Waals surface area contributed by atoms with Crippen LogP contribution in [0.4, 0.5) is 5.69 Å². The van der Waals surface area contributed by atoms with E-state index in [0.29, 0.717) is 5.56 Å². The molecule has 0 aliphatic carbocycles. The van der Waals surface area contributed by atoms with Crippen molar-refractivity contribution in [2.24, 2.45) is 0 Å². The fraction of sp³-hybridized carbons (Fsp3) is 0.150. The summed E-state index contributed by atoms with van der Waals surface area (Å²) in [7, 11) is 1.70. The van der Waals surface area contributed by atoms with Gasteiger partial charge < -0.3 is 4.90 Å². The number of nitrogens with zero attached hydrogens (tertiary/aromatic N) is 5. The first kappa shape index (κ1) is 19.0. The predicted molar refractivity (Wildman–Crippen MR) is 105 cm³/mol. The number of benzene rings is 2. The SMILES string of the molecule is C[C@H](c1ccc(-n2cncn2)cc1)N(C)C(=O)/C=C/c1ccccc1[N+](=O)[O-]. The largest absolute Gasteiger partial charge is 0.335 e. The summed E-state index contributed by atoms with van der Waals surface area (Å²) >= 11 is 0. The van der Waals surface area contributed by atoms with Crippen molar-refractivity contribution in [2.45, 2.75) is 13.0 Å². The van der Waals surface area contributed by atoms with Crippen LogP contribution >= 0.6 is 0 Å². The van der Waals surface area contributed by atoms with Gasteiger partial charge in [-0.25, -0.2) is 9.67 Å². The van der Waals surface area contributed by atoms with E-state index < -0.39 is 4.92 Å². The molecule has 0 saturated heterocycles. The molecule has 0 spiro atoms. The Morgan fingerprint density at radius 3 is 2.57 bits per heavy atom. The van der Waals surface area contributed by atoms with Crippen molar-refractivity contribution >= 4 is 17.7 Å². The lowest BCUT2D eigenvalue weighted by Gasteiger charge is -2.24. The number of amides is 1. The number of likely N-dealkylation sites (N-methyl/N-ethyl adjacent to an activating group) is 1. The summed E-state index contributed by atoms with van der Waals surface area (Å²) < 4.78 is 1.65. The van der Waals surface area contributed by atoms with Crippen LogP contribution in [0.15, 0.2) is 67.3 Å². The number of nitro benzene ring substituents is 1. The second-order valence-electron chi connectivity index (χ2n) is 6.21. The van der Waals surface area contributed by atoms with Crippen LogP contribution in [0.3, 0.4) is 0 Å². The molecule has 3 aromatic rings. The minimum atomic E-state index is -0.465. The number of rotatable bonds is 6. The third-order valence-corrected chi connectivity index (χ3v) is 4.53. The molecule has 0 bridgehead atoms. The second kappa shape index (κ2) is 8.26. The summed E-state index contributed by atoms with van der Waals surface area (Å²) in [6.07, 6.45) is 5.90. The molecule has 0 N–H and O–H groups in total. The van der Waals surface area contributed by atoms with Crippen molar-refractivity contribution in [1.29, 1.82) is 0 Å². The van der Waals surface area contributed by atoms with Gasteiger partial charge in [-0.2, -0.15) is 5.10 Å². The number of carbonyl (C=O) groups excluding carboxylic acids is 1. The van der Waals surface area contributed by atoms with E-state index in [2.05, 4.69) is 10.1 Å². The van der Waals surface area contributed by atoms with Crippen molar-refractivity contribution in [3.63, 3.8) is 0 Å². The molecule has 1 amide bonds. The molecule has 1 aromatic heterocycles. The Hall–Kier alpha value is -3.81. The Bertz CT molecular complexity index is 997. The first-order valence-corrected chi connectivity index (χ1v) is 8.60. The molecule has 1 atom stereocenters. The van der Waals surface area contributed by atoms with Gasteiger partial charge in [-0.3, -0.25) is 14.9 Å². The average Bonchev–Trinajstić information content (AvgIpc) is 3.26. The highest BCUT2D eigenvalue weighted by Gasteiger charge is 2.16. The van der Waals surface area contributed by atoms with E-state index in [4.69, 9.17) is 0 Å². The predicted octanol–water partition coefficient (Wildman–Crippen LogP) is 3.41. The van der Waals surface area contributed by atoms with Crippen molar-refractivity contribution in [2.75, 3.05) is 7.05 Å². The molecule has 0 aliphatic rings. The molecule has 8 heteroatoms. The van der Waals surface area contributed by atoms with E-state index in [-0.39, 0.29) is 17.6 Å². The summed E-state index contributed by atoms with van der Waals surface area (Å²) in [6, 6.07) is 13.8. The molecule has 0 fully saturated rings. The van der Waals surface area contributed by atoms with Crippen LogP contribution in [0.2, 0.25) is 0 Å². The number of carbonyl (C=O) groups is 1. The first-order chi connectivity index (χ1) is 13.5. The van der Waals surface area contributed by atoms with E-state index in [1.807, 2.05) is 31.2 Å². The van der Waals surface area contributed by atoms with Crippen LogP contribution in [0, 0.1) is 10.1 Å². The van der Waals surface area contributed by atoms with Crippen molar-refractivity contribution in [3.05, 3.63) is 88.5 Å². The Labute approximate surface area is 161 Å². The van der Waals surface area contributed by atoms with E-state index in [1.165, 1.54) is 24.5 Å². The highest BCUT2D eigenvalue weighted by molar-refractivity contribution is 5.92. The van der Waals surface area contributed by atoms with Gasteiger partial charge in [-0.1, -0.05) is 24.3 Å². The van der Waals surface area contributed by atoms with Gasteiger partial charge in [0.05, 0.1) is 22.2 Å². The number of aromatic nitrogens is 3. The number of hydrogen-bond acceptors (Lipinski definition) is 5. The highest BCUT2D eigenvalue weighted by Crippen LogP contribution is 2.22. The molecule has 28 heavy (non-hydrogen) atoms. The van der Waals surface area contributed by atoms with Crippen molar-refractivity contribution in [3.8, 4) is 5.69 Å². The summed E-state index contributed by atoms with van der Waals surface area (Å²) in [5.74, 6) is -0.244. The molecule has 0 unspecified atom stereocenters. The van der Waals surface area contributed by atoms with E-state index in [1.54, 1.807) is 41.2 Å². The molecular formula is C20H19N5O3. The van der Waals surface area contributed by atoms with Crippen molar-refractivity contribution in [1.82, 2.24) is 19.7 Å². The first-order valence-electron chi connectivity index (χ1n) is 8.60. The standard InChI is InChI=1S/C20H19N5O3/c1-15(16-7-10-18(11-8-16)24-14-21-13-22-24)23(2)20(26)12-9-17-5-3-4-6-19(17)25(27)28/h3-15H,1-2H3/b12-9+/t15-/m1/s1. The van der Waals surface area contributed by atoms with Gasteiger partial charge in [0.1, 0.15) is 12.7 Å². The van der Waals surface area contributed by atoms with E-state index in [9.17, 15) is 14.9 Å². The minimum absolute atomic E-state index is 0.0362. The van der Waals surface area contributed by atoms with Crippen LogP contribution in [0.25, 0.3) is 11.8 Å². The molecule has 2 aromatic carbocycles. The maximum absolute atomic E-state index is 12.5. The Morgan fingerprint density at radius 2 is 1.93 bits per heavy atom. The molecule has 0 radical (unpaired) electrons. The summed E-state index contributed by atoms with van der Waals surface area (Å²) in [5, 5.41) is 15.2. The van der Waals surface area contributed by atoms with Gasteiger partial charge in [0.15, 0.2) is 0 Å². The quantitative estimate of drug-likeness (QED) is 0.373. The zero-order chi connectivity index (χ0) is 20.1. The lowest BCUT2D eigenvalue weighted by Crippen LogP contribution is -2.28. The highest BCUT2D eigenvalue weighted by atomic mass is 16.6. The lowest BCUT2D eigenvalue weighted by molar-refractivity contribution is -0.385. The van der Waals surface area contributed by atoms with Gasteiger partial charge in [0, 0.05) is 19.2 Å². The summed E-state index contributed by atoms with van der Waals surface area (Å²) in [6.45, 7) is 1.92. The van der Waals surface area contributed by atoms with E-state index in [0.717, 1.165) is 11.3 Å². The minimum Gasteiger partial charge on any atom is -0.335 e. The Balaban J connectivity index is 1.71. The van der Waals surface area contributed by atoms with Gasteiger partial charge >= 0.3 is 0 Å². The van der Waals surface area contributed by atoms with Gasteiger partial charge in [0.2, 0.25) is 5.91 Å². The maximum Gasteiger partial charge on any atom is 0.276 e. The zero-order valence-corrected chi connectivity index (χ0v) is 15.5. The fourth-order valence-electron chi connectivity index (χ4n) is 2.73. The third-order valence-electron chi connectivity index (χ3n) is 4.53. The lowest BCUT2D eigenvalue weighted by atomic mass is 10.1. The van der Waals surface area contributed by atoms with Gasteiger partial charge in [-0.15, -0.1) is 0 Å². The van der Waals surface area contributed by atoms with Crippen LogP contribution in [-0.4, -0.2) is 37.5 Å². The van der Waals surface area contributed by atoms with Crippen LogP contribution in [0.1, 0.15) is 24.1 Å². The van der Waals surface area contributed by atoms with Crippen LogP contribution in [0.5, 0.6) is 0 Å². The fourth-order valence-corrected chi connectivity index (χ4v) is 2.73. The van der Waals surface area contributed by atoms with E-state index >= 15 is 0 Å². The Kier molecular flexibility index (Phi) is 5.59. The molecular weight excluding hydrogens is 358 g/mol. The zero-order valence-electron chi connectivity index (χ0n) is 15.5. The molecule has 142 valence electrons. The summed E-state index contributed by atoms with van der Waals surface area (Å²) in [4.78, 5) is 28.6. The molecule has 1 heterocycles. The molecule has 8 nitrogen and oxygen atoms in total. The maximum atomic E-state index is 12.5. The monoisotopic (exact) mass is 377 g/mol. The topological polar surface area (TPSA) is 94.2 Å². The van der Waals surface area contributed by atoms with Crippen molar-refractivity contribution < 1.29 is 9.72 Å². The van der Waals surface area contributed by atoms with Crippen LogP contribution in [-0.2, 0) is 4.79 Å². The van der Waals surface area contributed by atoms with Crippen LogP contribution < -0.4 is 0 Å².